The number of ether oxygens (including phenoxy) is 1. The molecule has 0 amide bonds. The van der Waals surface area contributed by atoms with Gasteiger partial charge in [0.05, 0.1) is 23.8 Å². The van der Waals surface area contributed by atoms with Gasteiger partial charge in [0, 0.05) is 5.56 Å². The van der Waals surface area contributed by atoms with Crippen LogP contribution in [-0.2, 0) is 0 Å². The molecule has 6 nitrogen and oxygen atoms in total. The van der Waals surface area contributed by atoms with Crippen molar-refractivity contribution in [3.05, 3.63) is 54.2 Å². The number of nitrogens with zero attached hydrogens (tertiary/aromatic N) is 4. The standard InChI is InChI=1S/C17H12N4O2/c1-23-12-8-6-11(7-9-12)16-17-14(10-22)19-20-21(17)15-5-3-2-4-13(15)18-16/h2-10H,1H3. The predicted octanol–water partition coefficient (Wildman–Crippen LogP) is 2.77. The lowest BCUT2D eigenvalue weighted by Crippen LogP contribution is -1.97. The molecule has 4 rings (SSSR count). The van der Waals surface area contributed by atoms with Gasteiger partial charge in [0.2, 0.25) is 0 Å². The van der Waals surface area contributed by atoms with Crippen molar-refractivity contribution >= 4 is 22.8 Å². The van der Waals surface area contributed by atoms with Crippen LogP contribution in [0.3, 0.4) is 0 Å². The number of benzene rings is 2. The monoisotopic (exact) mass is 304 g/mol. The zero-order valence-electron chi connectivity index (χ0n) is 12.3. The first-order chi connectivity index (χ1) is 11.3. The summed E-state index contributed by atoms with van der Waals surface area (Å²) in [5.41, 5.74) is 4.00. The second kappa shape index (κ2) is 5.17. The molecule has 0 bridgehead atoms. The Hall–Kier alpha value is -3.28. The van der Waals surface area contributed by atoms with E-state index in [1.165, 1.54) is 0 Å². The van der Waals surface area contributed by atoms with Crippen LogP contribution in [0.4, 0.5) is 0 Å². The van der Waals surface area contributed by atoms with Gasteiger partial charge >= 0.3 is 0 Å². The third-order valence-electron chi connectivity index (χ3n) is 3.74. The number of aldehydes is 1. The minimum atomic E-state index is 0.272. The summed E-state index contributed by atoms with van der Waals surface area (Å²) in [5, 5.41) is 8.07. The minimum Gasteiger partial charge on any atom is -0.497 e. The van der Waals surface area contributed by atoms with Crippen LogP contribution in [0.5, 0.6) is 5.75 Å². The van der Waals surface area contributed by atoms with Crippen molar-refractivity contribution in [3.8, 4) is 17.0 Å². The summed E-state index contributed by atoms with van der Waals surface area (Å²) in [6.07, 6.45) is 0.700. The van der Waals surface area contributed by atoms with E-state index >= 15 is 0 Å². The van der Waals surface area contributed by atoms with Crippen molar-refractivity contribution in [2.45, 2.75) is 0 Å². The van der Waals surface area contributed by atoms with Crippen LogP contribution in [0.2, 0.25) is 0 Å². The van der Waals surface area contributed by atoms with Crippen LogP contribution in [0.25, 0.3) is 27.8 Å². The van der Waals surface area contributed by atoms with Gasteiger partial charge in [0.15, 0.2) is 12.0 Å². The molecule has 2 heterocycles. The van der Waals surface area contributed by atoms with Crippen LogP contribution >= 0.6 is 0 Å². The molecule has 0 aliphatic rings. The average molecular weight is 304 g/mol. The summed E-state index contributed by atoms with van der Waals surface area (Å²) in [6, 6.07) is 15.1. The highest BCUT2D eigenvalue weighted by molar-refractivity contribution is 5.95. The highest BCUT2D eigenvalue weighted by atomic mass is 16.5. The van der Waals surface area contributed by atoms with Gasteiger partial charge in [0.25, 0.3) is 0 Å². The number of fused-ring (bicyclic) bond motifs is 3. The zero-order chi connectivity index (χ0) is 15.8. The Balaban J connectivity index is 2.09. The van der Waals surface area contributed by atoms with Crippen molar-refractivity contribution in [2.75, 3.05) is 7.11 Å². The van der Waals surface area contributed by atoms with Gasteiger partial charge in [-0.05, 0) is 36.4 Å². The molecule has 0 atom stereocenters. The lowest BCUT2D eigenvalue weighted by Gasteiger charge is -2.08. The van der Waals surface area contributed by atoms with Crippen molar-refractivity contribution in [2.24, 2.45) is 0 Å². The van der Waals surface area contributed by atoms with Crippen LogP contribution in [0, 0.1) is 0 Å². The fraction of sp³-hybridized carbons (Fsp3) is 0.0588. The van der Waals surface area contributed by atoms with E-state index in [-0.39, 0.29) is 5.69 Å². The second-order valence-electron chi connectivity index (χ2n) is 5.03. The second-order valence-corrected chi connectivity index (χ2v) is 5.03. The smallest absolute Gasteiger partial charge is 0.172 e. The molecule has 112 valence electrons. The van der Waals surface area contributed by atoms with Crippen LogP contribution in [0.1, 0.15) is 10.5 Å². The first kappa shape index (κ1) is 13.4. The van der Waals surface area contributed by atoms with Crippen molar-refractivity contribution in [1.82, 2.24) is 19.8 Å². The number of para-hydroxylation sites is 2. The molecular weight excluding hydrogens is 292 g/mol. The van der Waals surface area contributed by atoms with Gasteiger partial charge in [0.1, 0.15) is 11.3 Å². The molecule has 0 aliphatic carbocycles. The van der Waals surface area contributed by atoms with Crippen LogP contribution < -0.4 is 4.74 Å². The van der Waals surface area contributed by atoms with E-state index in [1.54, 1.807) is 11.6 Å². The van der Waals surface area contributed by atoms with E-state index < -0.39 is 0 Å². The predicted molar refractivity (Wildman–Crippen MR) is 85.7 cm³/mol. The number of methoxy groups -OCH3 is 1. The molecule has 23 heavy (non-hydrogen) atoms. The van der Waals surface area contributed by atoms with Gasteiger partial charge < -0.3 is 4.74 Å². The molecule has 0 saturated carbocycles. The Morgan fingerprint density at radius 1 is 1.09 bits per heavy atom. The maximum atomic E-state index is 11.3. The third kappa shape index (κ3) is 2.03. The fourth-order valence-electron chi connectivity index (χ4n) is 2.62. The minimum absolute atomic E-state index is 0.272. The molecule has 0 fully saturated rings. The first-order valence-electron chi connectivity index (χ1n) is 7.05. The van der Waals surface area contributed by atoms with Gasteiger partial charge in [-0.2, -0.15) is 0 Å². The number of hydrogen-bond acceptors (Lipinski definition) is 5. The summed E-state index contributed by atoms with van der Waals surface area (Å²) in [5.74, 6) is 0.757. The largest absolute Gasteiger partial charge is 0.497 e. The normalized spacial score (nSPS) is 11.0. The van der Waals surface area contributed by atoms with Crippen molar-refractivity contribution in [1.29, 1.82) is 0 Å². The van der Waals surface area contributed by atoms with E-state index in [2.05, 4.69) is 10.3 Å². The average Bonchev–Trinajstić information content (AvgIpc) is 3.05. The SMILES string of the molecule is COc1ccc(-c2nc3ccccc3n3nnc(C=O)c23)cc1. The van der Waals surface area contributed by atoms with Crippen molar-refractivity contribution < 1.29 is 9.53 Å². The van der Waals surface area contributed by atoms with Gasteiger partial charge in [-0.15, -0.1) is 5.10 Å². The maximum Gasteiger partial charge on any atom is 0.172 e. The zero-order valence-corrected chi connectivity index (χ0v) is 12.3. The highest BCUT2D eigenvalue weighted by Crippen LogP contribution is 2.28. The molecule has 0 N–H and O–H groups in total. The molecule has 2 aromatic heterocycles. The number of carbonyl (C=O) groups excluding carboxylic acids is 1. The summed E-state index contributed by atoms with van der Waals surface area (Å²) < 4.78 is 6.84. The molecular formula is C17H12N4O2. The number of aromatic nitrogens is 4. The molecule has 4 aromatic rings. The molecule has 2 aromatic carbocycles. The number of carbonyl (C=O) groups is 1. The summed E-state index contributed by atoms with van der Waals surface area (Å²) in [4.78, 5) is 16.0. The molecule has 6 heteroatoms. The molecule has 0 unspecified atom stereocenters. The Labute approximate surface area is 131 Å². The molecule has 0 saturated heterocycles. The number of rotatable bonds is 3. The fourth-order valence-corrected chi connectivity index (χ4v) is 2.62. The van der Waals surface area contributed by atoms with Crippen molar-refractivity contribution in [3.63, 3.8) is 0 Å². The van der Waals surface area contributed by atoms with Gasteiger partial charge in [-0.3, -0.25) is 4.79 Å². The van der Waals surface area contributed by atoms with Crippen LogP contribution in [-0.4, -0.2) is 33.2 Å². The quantitative estimate of drug-likeness (QED) is 0.544. The lowest BCUT2D eigenvalue weighted by molar-refractivity contribution is 0.112. The summed E-state index contributed by atoms with van der Waals surface area (Å²) >= 11 is 0. The first-order valence-corrected chi connectivity index (χ1v) is 7.05. The van der Waals surface area contributed by atoms with Gasteiger partial charge in [-0.25, -0.2) is 9.50 Å². The van der Waals surface area contributed by atoms with E-state index in [0.29, 0.717) is 17.5 Å². The van der Waals surface area contributed by atoms with E-state index in [9.17, 15) is 4.79 Å². The molecule has 0 radical (unpaired) electrons. The number of hydrogen-bond donors (Lipinski definition) is 0. The lowest BCUT2D eigenvalue weighted by atomic mass is 10.1. The Kier molecular flexibility index (Phi) is 3.01. The Morgan fingerprint density at radius 2 is 1.87 bits per heavy atom. The van der Waals surface area contributed by atoms with E-state index in [0.717, 1.165) is 22.3 Å². The maximum absolute atomic E-state index is 11.3. The topological polar surface area (TPSA) is 69.4 Å². The summed E-state index contributed by atoms with van der Waals surface area (Å²) in [6.45, 7) is 0. The molecule has 0 aliphatic heterocycles. The highest BCUT2D eigenvalue weighted by Gasteiger charge is 2.16. The molecule has 0 spiro atoms. The summed E-state index contributed by atoms with van der Waals surface area (Å²) in [7, 11) is 1.62. The van der Waals surface area contributed by atoms with E-state index in [4.69, 9.17) is 9.72 Å². The third-order valence-corrected chi connectivity index (χ3v) is 3.74. The Bertz CT molecular complexity index is 1020. The van der Waals surface area contributed by atoms with E-state index in [1.807, 2.05) is 48.5 Å². The van der Waals surface area contributed by atoms with Gasteiger partial charge in [-0.1, -0.05) is 17.3 Å². The van der Waals surface area contributed by atoms with Crippen LogP contribution in [0.15, 0.2) is 48.5 Å². The Morgan fingerprint density at radius 3 is 2.61 bits per heavy atom.